The number of rotatable bonds is 6. The molecule has 0 bridgehead atoms. The number of ether oxygens (including phenoxy) is 1. The van der Waals surface area contributed by atoms with Crippen molar-refractivity contribution in [2.45, 2.75) is 19.6 Å². The number of imidazole rings is 1. The van der Waals surface area contributed by atoms with Crippen LogP contribution in [0.4, 0.5) is 0 Å². The van der Waals surface area contributed by atoms with Crippen LogP contribution < -0.4 is 10.5 Å². The molecule has 2 N–H and O–H groups in total. The summed E-state index contributed by atoms with van der Waals surface area (Å²) >= 11 is 0. The van der Waals surface area contributed by atoms with E-state index in [-0.39, 0.29) is 0 Å². The first-order valence-electron chi connectivity index (χ1n) is 6.64. The Morgan fingerprint density at radius 1 is 1.35 bits per heavy atom. The number of aryl methyl sites for hydroxylation is 1. The number of hydrogen-bond acceptors (Lipinski definition) is 4. The van der Waals surface area contributed by atoms with Crippen LogP contribution in [0.1, 0.15) is 17.0 Å². The van der Waals surface area contributed by atoms with Crippen molar-refractivity contribution in [3.63, 3.8) is 0 Å². The van der Waals surface area contributed by atoms with Crippen molar-refractivity contribution in [3.05, 3.63) is 47.5 Å². The van der Waals surface area contributed by atoms with Gasteiger partial charge in [0.05, 0.1) is 13.7 Å². The maximum absolute atomic E-state index is 5.70. The van der Waals surface area contributed by atoms with Crippen LogP contribution in [0.5, 0.6) is 5.75 Å². The zero-order valence-electron chi connectivity index (χ0n) is 12.3. The molecule has 1 heterocycles. The number of nitrogens with two attached hydrogens (primary N) is 1. The number of methoxy groups -OCH3 is 1. The molecule has 1 aromatic carbocycles. The van der Waals surface area contributed by atoms with Crippen LogP contribution >= 0.6 is 0 Å². The number of hydrogen-bond donors (Lipinski definition) is 1. The maximum Gasteiger partial charge on any atom is 0.123 e. The maximum atomic E-state index is 5.70. The second-order valence-corrected chi connectivity index (χ2v) is 4.98. The Kier molecular flexibility index (Phi) is 4.76. The minimum absolute atomic E-state index is 0.542. The van der Waals surface area contributed by atoms with E-state index < -0.39 is 0 Å². The highest BCUT2D eigenvalue weighted by molar-refractivity contribution is 5.37. The van der Waals surface area contributed by atoms with Crippen LogP contribution in [-0.4, -0.2) is 28.6 Å². The molecular weight excluding hydrogens is 252 g/mol. The van der Waals surface area contributed by atoms with Gasteiger partial charge in [0.25, 0.3) is 0 Å². The fourth-order valence-corrected chi connectivity index (χ4v) is 2.22. The van der Waals surface area contributed by atoms with E-state index in [0.29, 0.717) is 6.54 Å². The topological polar surface area (TPSA) is 56.3 Å². The van der Waals surface area contributed by atoms with Crippen LogP contribution in [-0.2, 0) is 26.7 Å². The Bertz CT molecular complexity index is 565. The van der Waals surface area contributed by atoms with Gasteiger partial charge in [-0.25, -0.2) is 4.98 Å². The molecule has 0 fully saturated rings. The highest BCUT2D eigenvalue weighted by Crippen LogP contribution is 2.21. The average Bonchev–Trinajstić information content (AvgIpc) is 2.84. The van der Waals surface area contributed by atoms with Crippen molar-refractivity contribution in [2.75, 3.05) is 14.2 Å². The van der Waals surface area contributed by atoms with E-state index in [4.69, 9.17) is 10.5 Å². The van der Waals surface area contributed by atoms with E-state index in [2.05, 4.69) is 23.0 Å². The first-order chi connectivity index (χ1) is 9.63. The van der Waals surface area contributed by atoms with Crippen LogP contribution in [0.3, 0.4) is 0 Å². The zero-order chi connectivity index (χ0) is 14.5. The molecule has 108 valence electrons. The second-order valence-electron chi connectivity index (χ2n) is 4.98. The summed E-state index contributed by atoms with van der Waals surface area (Å²) < 4.78 is 7.45. The fraction of sp³-hybridized carbons (Fsp3) is 0.400. The Morgan fingerprint density at radius 2 is 2.15 bits per heavy atom. The number of benzene rings is 1. The molecule has 1 aromatic heterocycles. The predicted octanol–water partition coefficient (Wildman–Crippen LogP) is 1.52. The SMILES string of the molecule is COc1ccc(CN)cc1CN(C)Cc1nccn1C. The molecule has 0 saturated heterocycles. The van der Waals surface area contributed by atoms with Crippen molar-refractivity contribution in [3.8, 4) is 5.75 Å². The van der Waals surface area contributed by atoms with Gasteiger partial charge in [-0.15, -0.1) is 0 Å². The first-order valence-corrected chi connectivity index (χ1v) is 6.64. The molecule has 0 unspecified atom stereocenters. The summed E-state index contributed by atoms with van der Waals surface area (Å²) in [4.78, 5) is 6.55. The van der Waals surface area contributed by atoms with Gasteiger partial charge < -0.3 is 15.0 Å². The summed E-state index contributed by atoms with van der Waals surface area (Å²) in [6, 6.07) is 6.08. The second kappa shape index (κ2) is 6.54. The van der Waals surface area contributed by atoms with Gasteiger partial charge in [-0.3, -0.25) is 4.90 Å². The van der Waals surface area contributed by atoms with E-state index in [9.17, 15) is 0 Å². The minimum atomic E-state index is 0.542. The van der Waals surface area contributed by atoms with Gasteiger partial charge in [-0.1, -0.05) is 6.07 Å². The summed E-state index contributed by atoms with van der Waals surface area (Å²) in [5.41, 5.74) is 7.97. The Labute approximate surface area is 120 Å². The lowest BCUT2D eigenvalue weighted by Gasteiger charge is -2.18. The lowest BCUT2D eigenvalue weighted by molar-refractivity contribution is 0.299. The summed E-state index contributed by atoms with van der Waals surface area (Å²) in [5, 5.41) is 0. The zero-order valence-corrected chi connectivity index (χ0v) is 12.3. The van der Waals surface area contributed by atoms with Crippen LogP contribution in [0.15, 0.2) is 30.6 Å². The first kappa shape index (κ1) is 14.6. The monoisotopic (exact) mass is 274 g/mol. The van der Waals surface area contributed by atoms with E-state index in [0.717, 1.165) is 35.8 Å². The van der Waals surface area contributed by atoms with Gasteiger partial charge in [-0.05, 0) is 24.7 Å². The van der Waals surface area contributed by atoms with Gasteiger partial charge in [0.2, 0.25) is 0 Å². The fourth-order valence-electron chi connectivity index (χ4n) is 2.22. The van der Waals surface area contributed by atoms with E-state index in [1.807, 2.05) is 36.1 Å². The molecule has 0 aliphatic heterocycles. The normalized spacial score (nSPS) is 11.1. The molecule has 5 nitrogen and oxygen atoms in total. The van der Waals surface area contributed by atoms with Crippen molar-refractivity contribution in [1.29, 1.82) is 0 Å². The van der Waals surface area contributed by atoms with Gasteiger partial charge in [-0.2, -0.15) is 0 Å². The number of aromatic nitrogens is 2. The lowest BCUT2D eigenvalue weighted by Crippen LogP contribution is -2.20. The molecular formula is C15H22N4O. The quantitative estimate of drug-likeness (QED) is 0.867. The molecule has 0 aliphatic rings. The third-order valence-corrected chi connectivity index (χ3v) is 3.35. The molecule has 2 rings (SSSR count). The van der Waals surface area contributed by atoms with Gasteiger partial charge in [0, 0.05) is 38.1 Å². The molecule has 0 aliphatic carbocycles. The molecule has 5 heteroatoms. The summed E-state index contributed by atoms with van der Waals surface area (Å²) in [6.07, 6.45) is 3.78. The minimum Gasteiger partial charge on any atom is -0.496 e. The largest absolute Gasteiger partial charge is 0.496 e. The van der Waals surface area contributed by atoms with E-state index in [1.54, 1.807) is 7.11 Å². The van der Waals surface area contributed by atoms with E-state index in [1.165, 1.54) is 0 Å². The Balaban J connectivity index is 2.10. The molecule has 0 amide bonds. The molecule has 0 atom stereocenters. The smallest absolute Gasteiger partial charge is 0.123 e. The van der Waals surface area contributed by atoms with Crippen molar-refractivity contribution in [2.24, 2.45) is 12.8 Å². The van der Waals surface area contributed by atoms with Crippen molar-refractivity contribution in [1.82, 2.24) is 14.5 Å². The van der Waals surface area contributed by atoms with Gasteiger partial charge in [0.15, 0.2) is 0 Å². The van der Waals surface area contributed by atoms with Crippen LogP contribution in [0, 0.1) is 0 Å². The highest BCUT2D eigenvalue weighted by atomic mass is 16.5. The van der Waals surface area contributed by atoms with E-state index >= 15 is 0 Å². The molecule has 0 radical (unpaired) electrons. The highest BCUT2D eigenvalue weighted by Gasteiger charge is 2.09. The molecule has 0 saturated carbocycles. The van der Waals surface area contributed by atoms with Crippen molar-refractivity contribution < 1.29 is 4.74 Å². The molecule has 2 aromatic rings. The van der Waals surface area contributed by atoms with Crippen LogP contribution in [0.25, 0.3) is 0 Å². The summed E-state index contributed by atoms with van der Waals surface area (Å²) in [6.45, 7) is 2.13. The summed E-state index contributed by atoms with van der Waals surface area (Å²) in [7, 11) is 5.77. The lowest BCUT2D eigenvalue weighted by atomic mass is 10.1. The Hall–Kier alpha value is -1.85. The van der Waals surface area contributed by atoms with Gasteiger partial charge >= 0.3 is 0 Å². The third-order valence-electron chi connectivity index (χ3n) is 3.35. The van der Waals surface area contributed by atoms with Crippen molar-refractivity contribution >= 4 is 0 Å². The van der Waals surface area contributed by atoms with Crippen LogP contribution in [0.2, 0.25) is 0 Å². The predicted molar refractivity (Wildman–Crippen MR) is 79.3 cm³/mol. The number of nitrogens with zero attached hydrogens (tertiary/aromatic N) is 3. The molecule has 0 spiro atoms. The molecule has 20 heavy (non-hydrogen) atoms. The third kappa shape index (κ3) is 3.37. The standard InChI is InChI=1S/C15H22N4O/c1-18(11-15-17-6-7-19(15)2)10-13-8-12(9-16)4-5-14(13)20-3/h4-8H,9-11,16H2,1-3H3. The average molecular weight is 274 g/mol. The van der Waals surface area contributed by atoms with Gasteiger partial charge in [0.1, 0.15) is 11.6 Å². The summed E-state index contributed by atoms with van der Waals surface area (Å²) in [5.74, 6) is 1.94. The Morgan fingerprint density at radius 3 is 2.75 bits per heavy atom.